The van der Waals surface area contributed by atoms with E-state index in [1.165, 1.54) is 0 Å². The van der Waals surface area contributed by atoms with Crippen LogP contribution in [0.1, 0.15) is 23.3 Å². The van der Waals surface area contributed by atoms with E-state index >= 15 is 0 Å². The van der Waals surface area contributed by atoms with Crippen LogP contribution in [0.15, 0.2) is 63.9 Å². The lowest BCUT2D eigenvalue weighted by Gasteiger charge is -2.08. The minimum atomic E-state index is -0.0491. The van der Waals surface area contributed by atoms with E-state index in [4.69, 9.17) is 4.74 Å². The van der Waals surface area contributed by atoms with Gasteiger partial charge >= 0.3 is 0 Å². The van der Waals surface area contributed by atoms with Crippen molar-refractivity contribution in [2.75, 3.05) is 0 Å². The quantitative estimate of drug-likeness (QED) is 0.544. The van der Waals surface area contributed by atoms with Gasteiger partial charge in [0, 0.05) is 15.2 Å². The first-order valence-electron chi connectivity index (χ1n) is 7.26. The first-order valence-corrected chi connectivity index (χ1v) is 8.05. The largest absolute Gasteiger partial charge is 0.357 e. The second-order valence-electron chi connectivity index (χ2n) is 5.75. The molecule has 2 aliphatic rings. The molecule has 2 unspecified atom stereocenters. The van der Waals surface area contributed by atoms with Crippen LogP contribution in [-0.4, -0.2) is 0 Å². The highest BCUT2D eigenvalue weighted by atomic mass is 79.9. The van der Waals surface area contributed by atoms with Crippen molar-refractivity contribution in [2.24, 2.45) is 0 Å². The third-order valence-corrected chi connectivity index (χ3v) is 5.08. The van der Waals surface area contributed by atoms with Crippen LogP contribution < -0.4 is 5.43 Å². The van der Waals surface area contributed by atoms with Crippen LogP contribution in [0.2, 0.25) is 0 Å². The lowest BCUT2D eigenvalue weighted by molar-refractivity contribution is 0.0887. The van der Waals surface area contributed by atoms with E-state index in [0.29, 0.717) is 0 Å². The summed E-state index contributed by atoms with van der Waals surface area (Å²) in [5, 5.41) is 3.51. The van der Waals surface area contributed by atoms with Gasteiger partial charge in [-0.15, -0.1) is 0 Å². The van der Waals surface area contributed by atoms with E-state index in [-0.39, 0.29) is 17.6 Å². The van der Waals surface area contributed by atoms with Crippen molar-refractivity contribution in [3.05, 3.63) is 80.4 Å². The van der Waals surface area contributed by atoms with E-state index in [1.807, 2.05) is 42.5 Å². The monoisotopic (exact) mass is 350 g/mol. The predicted octanol–water partition coefficient (Wildman–Crippen LogP) is 4.80. The van der Waals surface area contributed by atoms with Crippen molar-refractivity contribution in [3.8, 4) is 0 Å². The summed E-state index contributed by atoms with van der Waals surface area (Å²) in [6.45, 7) is 0. The zero-order chi connectivity index (χ0) is 14.8. The topological polar surface area (TPSA) is 26.3 Å². The lowest BCUT2D eigenvalue weighted by atomic mass is 9.93. The Morgan fingerprint density at radius 2 is 1.45 bits per heavy atom. The number of fused-ring (bicyclic) bond motifs is 9. The molecule has 3 heteroatoms. The molecule has 106 valence electrons. The minimum Gasteiger partial charge on any atom is -0.357 e. The van der Waals surface area contributed by atoms with Gasteiger partial charge in [0.25, 0.3) is 0 Å². The summed E-state index contributed by atoms with van der Waals surface area (Å²) < 4.78 is 7.03. The third kappa shape index (κ3) is 1.50. The molecular formula is C19H11BrO2. The van der Waals surface area contributed by atoms with Gasteiger partial charge in [-0.1, -0.05) is 52.3 Å². The molecule has 0 N–H and O–H groups in total. The lowest BCUT2D eigenvalue weighted by Crippen LogP contribution is -1.99. The fraction of sp³-hybridized carbons (Fsp3) is 0.105. The van der Waals surface area contributed by atoms with Crippen LogP contribution in [0.3, 0.4) is 0 Å². The molecule has 3 aromatic rings. The van der Waals surface area contributed by atoms with Gasteiger partial charge in [-0.3, -0.25) is 4.79 Å². The Morgan fingerprint density at radius 3 is 2.23 bits per heavy atom. The standard InChI is InChI=1S/C19H11BrO2/c20-10-5-6-13-14(9-10)18-16-8-7-15(22-16)17(18)11-3-1-2-4-12(11)19(13)21/h1-9,15-16H. The van der Waals surface area contributed by atoms with E-state index in [1.54, 1.807) is 0 Å². The van der Waals surface area contributed by atoms with Crippen molar-refractivity contribution >= 4 is 37.5 Å². The Bertz CT molecular complexity index is 1050. The van der Waals surface area contributed by atoms with Gasteiger partial charge in [-0.05, 0) is 40.1 Å². The summed E-state index contributed by atoms with van der Waals surface area (Å²) in [4.78, 5) is 13.0. The summed E-state index contributed by atoms with van der Waals surface area (Å²) in [5.74, 6) is 0. The number of ether oxygens (including phenoxy) is 1. The van der Waals surface area contributed by atoms with Gasteiger partial charge in [-0.25, -0.2) is 0 Å². The second kappa shape index (κ2) is 4.28. The number of rotatable bonds is 0. The molecule has 0 spiro atoms. The number of halogens is 1. The van der Waals surface area contributed by atoms with Crippen LogP contribution in [0.4, 0.5) is 0 Å². The van der Waals surface area contributed by atoms with Crippen molar-refractivity contribution in [2.45, 2.75) is 12.2 Å². The highest BCUT2D eigenvalue weighted by Crippen LogP contribution is 2.50. The molecule has 2 heterocycles. The molecule has 0 saturated heterocycles. The van der Waals surface area contributed by atoms with Gasteiger partial charge in [0.2, 0.25) is 0 Å². The van der Waals surface area contributed by atoms with E-state index in [9.17, 15) is 4.79 Å². The zero-order valence-electron chi connectivity index (χ0n) is 11.5. The molecule has 5 rings (SSSR count). The molecule has 0 radical (unpaired) electrons. The normalized spacial score (nSPS) is 21.7. The van der Waals surface area contributed by atoms with Gasteiger partial charge in [0.1, 0.15) is 12.2 Å². The van der Waals surface area contributed by atoms with Crippen LogP contribution >= 0.6 is 15.9 Å². The van der Waals surface area contributed by atoms with Crippen molar-refractivity contribution in [1.29, 1.82) is 0 Å². The summed E-state index contributed by atoms with van der Waals surface area (Å²) in [5.41, 5.74) is 2.38. The first kappa shape index (κ1) is 12.6. The highest BCUT2D eigenvalue weighted by Gasteiger charge is 2.36. The molecule has 22 heavy (non-hydrogen) atoms. The first-order chi connectivity index (χ1) is 10.7. The summed E-state index contributed by atoms with van der Waals surface area (Å²) in [7, 11) is 0. The SMILES string of the molecule is O=c1c2ccccc2c2c(c3cc(Br)ccc13)C1C=CC2O1. The molecule has 2 aliphatic heterocycles. The van der Waals surface area contributed by atoms with Crippen LogP contribution in [0.5, 0.6) is 0 Å². The molecule has 2 nitrogen and oxygen atoms in total. The number of benzene rings is 2. The fourth-order valence-corrected chi connectivity index (χ4v) is 4.04. The van der Waals surface area contributed by atoms with Gasteiger partial charge < -0.3 is 4.74 Å². The minimum absolute atomic E-state index is 0.0427. The average Bonchev–Trinajstić information content (AvgIpc) is 3.12. The van der Waals surface area contributed by atoms with Crippen LogP contribution in [-0.2, 0) is 4.74 Å². The fourth-order valence-electron chi connectivity index (χ4n) is 3.68. The maximum Gasteiger partial charge on any atom is 0.194 e. The Kier molecular flexibility index (Phi) is 2.44. The molecule has 0 aromatic heterocycles. The summed E-state index contributed by atoms with van der Waals surface area (Å²) >= 11 is 3.53. The Hall–Kier alpha value is -1.97. The predicted molar refractivity (Wildman–Crippen MR) is 91.1 cm³/mol. The summed E-state index contributed by atoms with van der Waals surface area (Å²) in [6.07, 6.45) is 4.09. The highest BCUT2D eigenvalue weighted by molar-refractivity contribution is 9.10. The number of hydrogen-bond donors (Lipinski definition) is 0. The molecule has 2 bridgehead atoms. The van der Waals surface area contributed by atoms with E-state index in [2.05, 4.69) is 28.1 Å². The Balaban J connectivity index is 2.16. The Morgan fingerprint density at radius 1 is 0.818 bits per heavy atom. The van der Waals surface area contributed by atoms with Crippen LogP contribution in [0.25, 0.3) is 21.5 Å². The van der Waals surface area contributed by atoms with Crippen molar-refractivity contribution < 1.29 is 4.74 Å². The molecule has 0 aliphatic carbocycles. The van der Waals surface area contributed by atoms with Gasteiger partial charge in [0.15, 0.2) is 5.43 Å². The molecular weight excluding hydrogens is 340 g/mol. The molecule has 0 saturated carbocycles. The van der Waals surface area contributed by atoms with Crippen molar-refractivity contribution in [1.82, 2.24) is 0 Å². The smallest absolute Gasteiger partial charge is 0.194 e. The molecule has 2 atom stereocenters. The van der Waals surface area contributed by atoms with Gasteiger partial charge in [-0.2, -0.15) is 0 Å². The van der Waals surface area contributed by atoms with Crippen molar-refractivity contribution in [3.63, 3.8) is 0 Å². The molecule has 0 fully saturated rings. The second-order valence-corrected chi connectivity index (χ2v) is 6.67. The zero-order valence-corrected chi connectivity index (χ0v) is 13.1. The maximum atomic E-state index is 13.0. The average molecular weight is 351 g/mol. The third-order valence-electron chi connectivity index (χ3n) is 4.59. The number of hydrogen-bond acceptors (Lipinski definition) is 2. The van der Waals surface area contributed by atoms with Crippen LogP contribution in [0, 0.1) is 0 Å². The summed E-state index contributed by atoms with van der Waals surface area (Å²) in [6, 6.07) is 13.7. The Labute approximate surface area is 135 Å². The van der Waals surface area contributed by atoms with Gasteiger partial charge in [0.05, 0.1) is 0 Å². The maximum absolute atomic E-state index is 13.0. The molecule has 0 amide bonds. The van der Waals surface area contributed by atoms with E-state index < -0.39 is 0 Å². The molecule has 3 aromatic carbocycles. The van der Waals surface area contributed by atoms with E-state index in [0.717, 1.165) is 37.1 Å².